The molecule has 0 saturated carbocycles. The highest BCUT2D eigenvalue weighted by molar-refractivity contribution is 8.00. The van der Waals surface area contributed by atoms with Gasteiger partial charge in [0, 0.05) is 21.9 Å². The third kappa shape index (κ3) is 5.26. The lowest BCUT2D eigenvalue weighted by Crippen LogP contribution is -2.14. The Labute approximate surface area is 189 Å². The van der Waals surface area contributed by atoms with Crippen molar-refractivity contribution in [2.24, 2.45) is 0 Å². The second kappa shape index (κ2) is 9.27. The molecule has 7 nitrogen and oxygen atoms in total. The second-order valence-electron chi connectivity index (χ2n) is 5.81. The molecule has 3 heterocycles. The Hall–Kier alpha value is -2.25. The van der Waals surface area contributed by atoms with E-state index in [1.165, 1.54) is 28.3 Å². The fourth-order valence-corrected chi connectivity index (χ4v) is 6.92. The molecule has 154 valence electrons. The van der Waals surface area contributed by atoms with Crippen LogP contribution in [0.5, 0.6) is 0 Å². The molecule has 0 fully saturated rings. The van der Waals surface area contributed by atoms with Crippen molar-refractivity contribution in [3.63, 3.8) is 0 Å². The number of thioether (sulfide) groups is 1. The first kappa shape index (κ1) is 21.0. The molecule has 0 radical (unpaired) electrons. The molecule has 2 N–H and O–H groups in total. The van der Waals surface area contributed by atoms with Gasteiger partial charge >= 0.3 is 0 Å². The average molecular weight is 495 g/mol. The SMILES string of the molecule is O=C(Nc1nnc(SCc2cccs2)s1)c1cccc(NS(=O)(=O)c2cccs2)c1. The minimum Gasteiger partial charge on any atom is -0.296 e. The maximum absolute atomic E-state index is 12.6. The summed E-state index contributed by atoms with van der Waals surface area (Å²) in [7, 11) is -3.68. The lowest BCUT2D eigenvalue weighted by Gasteiger charge is -2.08. The summed E-state index contributed by atoms with van der Waals surface area (Å²) in [6, 6.07) is 13.5. The molecule has 1 aromatic carbocycles. The lowest BCUT2D eigenvalue weighted by atomic mass is 10.2. The Kier molecular flexibility index (Phi) is 6.49. The summed E-state index contributed by atoms with van der Waals surface area (Å²) < 4.78 is 28.2. The second-order valence-corrected chi connectivity index (χ2v) is 11.9. The molecular weight excluding hydrogens is 481 g/mol. The molecule has 0 saturated heterocycles. The van der Waals surface area contributed by atoms with E-state index in [4.69, 9.17) is 0 Å². The van der Waals surface area contributed by atoms with Crippen LogP contribution in [0.2, 0.25) is 0 Å². The molecule has 3 aromatic heterocycles. The summed E-state index contributed by atoms with van der Waals surface area (Å²) in [6.07, 6.45) is 0. The standard InChI is InChI=1S/C18H14N4O3S5/c23-16(19-17-20-21-18(29-17)28-11-14-6-2-8-26-14)12-4-1-5-13(10-12)22-30(24,25)15-7-3-9-27-15/h1-10,22H,11H2,(H,19,20,23). The number of amides is 1. The Morgan fingerprint density at radius 1 is 1.03 bits per heavy atom. The van der Waals surface area contributed by atoms with E-state index in [9.17, 15) is 13.2 Å². The van der Waals surface area contributed by atoms with Gasteiger partial charge in [-0.25, -0.2) is 8.42 Å². The minimum atomic E-state index is -3.68. The van der Waals surface area contributed by atoms with Gasteiger partial charge in [0.25, 0.3) is 15.9 Å². The summed E-state index contributed by atoms with van der Waals surface area (Å²) in [5.41, 5.74) is 0.616. The van der Waals surface area contributed by atoms with E-state index in [-0.39, 0.29) is 4.21 Å². The number of nitrogens with one attached hydrogen (secondary N) is 2. The summed E-state index contributed by atoms with van der Waals surface area (Å²) in [6.45, 7) is 0. The van der Waals surface area contributed by atoms with Gasteiger partial charge in [-0.3, -0.25) is 14.8 Å². The molecule has 1 amide bonds. The first-order valence-electron chi connectivity index (χ1n) is 8.46. The van der Waals surface area contributed by atoms with E-state index < -0.39 is 15.9 Å². The quantitative estimate of drug-likeness (QED) is 0.264. The van der Waals surface area contributed by atoms with Crippen molar-refractivity contribution >= 4 is 72.5 Å². The Bertz CT molecular complexity index is 1230. The third-order valence-corrected chi connectivity index (χ3v) is 9.54. The predicted molar refractivity (Wildman–Crippen MR) is 123 cm³/mol. The number of aromatic nitrogens is 2. The number of benzene rings is 1. The third-order valence-electron chi connectivity index (χ3n) is 3.68. The van der Waals surface area contributed by atoms with Crippen LogP contribution in [0, 0.1) is 0 Å². The van der Waals surface area contributed by atoms with Crippen LogP contribution in [-0.4, -0.2) is 24.5 Å². The fourth-order valence-electron chi connectivity index (χ4n) is 2.36. The van der Waals surface area contributed by atoms with E-state index in [1.54, 1.807) is 52.7 Å². The van der Waals surface area contributed by atoms with Gasteiger partial charge in [-0.15, -0.1) is 32.9 Å². The van der Waals surface area contributed by atoms with Crippen LogP contribution in [0.15, 0.2) is 67.8 Å². The molecule has 0 spiro atoms. The summed E-state index contributed by atoms with van der Waals surface area (Å²) >= 11 is 5.65. The number of carbonyl (C=O) groups excluding carboxylic acids is 1. The van der Waals surface area contributed by atoms with Crippen molar-refractivity contribution in [2.45, 2.75) is 14.3 Å². The van der Waals surface area contributed by atoms with Crippen LogP contribution in [0.1, 0.15) is 15.2 Å². The Morgan fingerprint density at radius 2 is 1.87 bits per heavy atom. The van der Waals surface area contributed by atoms with Gasteiger partial charge in [0.1, 0.15) is 4.21 Å². The zero-order valence-electron chi connectivity index (χ0n) is 15.1. The van der Waals surface area contributed by atoms with Crippen LogP contribution < -0.4 is 10.0 Å². The highest BCUT2D eigenvalue weighted by Gasteiger charge is 2.16. The summed E-state index contributed by atoms with van der Waals surface area (Å²) in [5, 5.41) is 14.9. The zero-order valence-corrected chi connectivity index (χ0v) is 19.2. The van der Waals surface area contributed by atoms with Gasteiger partial charge in [0.15, 0.2) is 4.34 Å². The number of hydrogen-bond donors (Lipinski definition) is 2. The molecule has 0 aliphatic rings. The van der Waals surface area contributed by atoms with Gasteiger partial charge in [0.05, 0.1) is 0 Å². The molecule has 0 aliphatic carbocycles. The molecule has 0 atom stereocenters. The predicted octanol–water partition coefficient (Wildman–Crippen LogP) is 5.01. The normalized spacial score (nSPS) is 11.3. The highest BCUT2D eigenvalue weighted by Crippen LogP contribution is 2.30. The molecule has 30 heavy (non-hydrogen) atoms. The molecule has 12 heteroatoms. The number of thiophene rings is 2. The largest absolute Gasteiger partial charge is 0.296 e. The molecule has 4 aromatic rings. The van der Waals surface area contributed by atoms with Gasteiger partial charge < -0.3 is 0 Å². The molecule has 0 bridgehead atoms. The van der Waals surface area contributed by atoms with Crippen molar-refractivity contribution in [1.29, 1.82) is 0 Å². The van der Waals surface area contributed by atoms with E-state index in [2.05, 4.69) is 26.3 Å². The van der Waals surface area contributed by atoms with Gasteiger partial charge in [-0.2, -0.15) is 0 Å². The number of rotatable bonds is 8. The number of nitrogens with zero attached hydrogens (tertiary/aromatic N) is 2. The molecule has 4 rings (SSSR count). The fraction of sp³-hybridized carbons (Fsp3) is 0.0556. The van der Waals surface area contributed by atoms with Crippen LogP contribution >= 0.6 is 45.8 Å². The van der Waals surface area contributed by atoms with Crippen molar-refractivity contribution in [3.05, 3.63) is 69.7 Å². The smallest absolute Gasteiger partial charge is 0.271 e. The number of anilines is 2. The first-order chi connectivity index (χ1) is 14.5. The van der Waals surface area contributed by atoms with Crippen LogP contribution in [0.3, 0.4) is 0 Å². The number of sulfonamides is 1. The Morgan fingerprint density at radius 3 is 2.63 bits per heavy atom. The van der Waals surface area contributed by atoms with Crippen LogP contribution in [0.25, 0.3) is 0 Å². The maximum Gasteiger partial charge on any atom is 0.271 e. The topological polar surface area (TPSA) is 101 Å². The van der Waals surface area contributed by atoms with Crippen molar-refractivity contribution in [2.75, 3.05) is 10.0 Å². The summed E-state index contributed by atoms with van der Waals surface area (Å²) in [4.78, 5) is 13.8. The number of carbonyl (C=O) groups is 1. The van der Waals surface area contributed by atoms with Gasteiger partial charge in [0.2, 0.25) is 5.13 Å². The zero-order chi connectivity index (χ0) is 21.0. The van der Waals surface area contributed by atoms with Crippen molar-refractivity contribution in [1.82, 2.24) is 10.2 Å². The highest BCUT2D eigenvalue weighted by atomic mass is 32.2. The van der Waals surface area contributed by atoms with Crippen LogP contribution in [0.4, 0.5) is 10.8 Å². The monoisotopic (exact) mass is 494 g/mol. The lowest BCUT2D eigenvalue weighted by molar-refractivity contribution is 0.102. The molecular formula is C18H14N4O3S5. The van der Waals surface area contributed by atoms with Gasteiger partial charge in [-0.05, 0) is 41.1 Å². The van der Waals surface area contributed by atoms with E-state index in [0.717, 1.165) is 21.4 Å². The van der Waals surface area contributed by atoms with E-state index in [0.29, 0.717) is 16.4 Å². The first-order valence-corrected chi connectivity index (χ1v) is 13.5. The maximum atomic E-state index is 12.6. The number of hydrogen-bond acceptors (Lipinski definition) is 9. The molecule has 0 aliphatic heterocycles. The van der Waals surface area contributed by atoms with Gasteiger partial charge in [-0.1, -0.05) is 41.3 Å². The summed E-state index contributed by atoms with van der Waals surface area (Å²) in [5.74, 6) is 0.408. The van der Waals surface area contributed by atoms with Crippen molar-refractivity contribution in [3.8, 4) is 0 Å². The Balaban J connectivity index is 1.40. The van der Waals surface area contributed by atoms with E-state index in [1.807, 2.05) is 11.4 Å². The average Bonchev–Trinajstić information content (AvgIpc) is 3.48. The minimum absolute atomic E-state index is 0.207. The molecule has 0 unspecified atom stereocenters. The van der Waals surface area contributed by atoms with E-state index >= 15 is 0 Å². The van der Waals surface area contributed by atoms with Crippen LogP contribution in [-0.2, 0) is 15.8 Å². The van der Waals surface area contributed by atoms with Crippen molar-refractivity contribution < 1.29 is 13.2 Å².